The fraction of sp³-hybridized carbons (Fsp3) is 0.333. The molecular formula is C12H14FN3O2S. The van der Waals surface area contributed by atoms with Crippen LogP contribution in [0.1, 0.15) is 5.01 Å². The summed E-state index contributed by atoms with van der Waals surface area (Å²) in [6, 6.07) is 6.19. The largest absolute Gasteiger partial charge is 0.427 e. The predicted octanol–water partition coefficient (Wildman–Crippen LogP) is 2.21. The Hall–Kier alpha value is -1.57. The number of hydrogen-bond donors (Lipinski definition) is 1. The van der Waals surface area contributed by atoms with Crippen LogP contribution in [0.5, 0.6) is 10.9 Å². The molecule has 0 bridgehead atoms. The number of hydrogen-bond acceptors (Lipinski definition) is 6. The second kappa shape index (κ2) is 7.13. The Morgan fingerprint density at radius 3 is 2.95 bits per heavy atom. The van der Waals surface area contributed by atoms with E-state index in [-0.39, 0.29) is 5.75 Å². The molecule has 7 heteroatoms. The van der Waals surface area contributed by atoms with Gasteiger partial charge in [0.25, 0.3) is 5.19 Å². The van der Waals surface area contributed by atoms with E-state index in [1.165, 1.54) is 17.4 Å². The third kappa shape index (κ3) is 4.23. The van der Waals surface area contributed by atoms with Crippen molar-refractivity contribution in [1.29, 1.82) is 0 Å². The molecule has 0 atom stereocenters. The molecule has 1 aromatic carbocycles. The minimum atomic E-state index is -0.419. The molecule has 1 N–H and O–H groups in total. The smallest absolute Gasteiger partial charge is 0.299 e. The zero-order valence-corrected chi connectivity index (χ0v) is 11.2. The van der Waals surface area contributed by atoms with E-state index in [1.54, 1.807) is 25.3 Å². The van der Waals surface area contributed by atoms with E-state index in [1.807, 2.05) is 0 Å². The van der Waals surface area contributed by atoms with Gasteiger partial charge >= 0.3 is 0 Å². The maximum atomic E-state index is 13.4. The molecule has 19 heavy (non-hydrogen) atoms. The van der Waals surface area contributed by atoms with Crippen molar-refractivity contribution in [2.75, 3.05) is 20.3 Å². The third-order valence-electron chi connectivity index (χ3n) is 2.24. The lowest BCUT2D eigenvalue weighted by atomic mass is 10.3. The van der Waals surface area contributed by atoms with Gasteiger partial charge in [-0.3, -0.25) is 0 Å². The van der Waals surface area contributed by atoms with Crippen LogP contribution in [-0.4, -0.2) is 30.5 Å². The van der Waals surface area contributed by atoms with Crippen LogP contribution < -0.4 is 10.1 Å². The zero-order valence-electron chi connectivity index (χ0n) is 10.4. The lowest BCUT2D eigenvalue weighted by molar-refractivity contribution is 0.199. The fourth-order valence-electron chi connectivity index (χ4n) is 1.34. The van der Waals surface area contributed by atoms with E-state index < -0.39 is 5.82 Å². The maximum absolute atomic E-state index is 13.4. The number of para-hydroxylation sites is 1. The van der Waals surface area contributed by atoms with Gasteiger partial charge in [-0.1, -0.05) is 28.6 Å². The number of halogens is 1. The van der Waals surface area contributed by atoms with Crippen LogP contribution in [0.2, 0.25) is 0 Å². The average molecular weight is 283 g/mol. The standard InChI is InChI=1S/C12H14FN3O2S/c1-17-7-6-14-8-11-15-16-12(19-11)18-10-5-3-2-4-9(10)13/h2-5,14H,6-8H2,1H3. The molecule has 0 aliphatic carbocycles. The molecule has 0 unspecified atom stereocenters. The van der Waals surface area contributed by atoms with Crippen LogP contribution in [0.25, 0.3) is 0 Å². The first-order valence-electron chi connectivity index (χ1n) is 5.74. The summed E-state index contributed by atoms with van der Waals surface area (Å²) in [7, 11) is 1.65. The van der Waals surface area contributed by atoms with Gasteiger partial charge in [-0.15, -0.1) is 5.10 Å². The van der Waals surface area contributed by atoms with Gasteiger partial charge in [-0.25, -0.2) is 4.39 Å². The van der Waals surface area contributed by atoms with Crippen LogP contribution in [0.4, 0.5) is 4.39 Å². The molecule has 0 aliphatic rings. The Morgan fingerprint density at radius 2 is 2.16 bits per heavy atom. The van der Waals surface area contributed by atoms with Gasteiger partial charge in [0.2, 0.25) is 0 Å². The lowest BCUT2D eigenvalue weighted by Gasteiger charge is -2.01. The fourth-order valence-corrected chi connectivity index (χ4v) is 2.01. The second-order valence-electron chi connectivity index (χ2n) is 3.66. The molecule has 2 rings (SSSR count). The summed E-state index contributed by atoms with van der Waals surface area (Å²) >= 11 is 1.28. The van der Waals surface area contributed by atoms with Gasteiger partial charge < -0.3 is 14.8 Å². The van der Waals surface area contributed by atoms with Crippen molar-refractivity contribution in [2.45, 2.75) is 6.54 Å². The Labute approximate surface area is 114 Å². The SMILES string of the molecule is COCCNCc1nnc(Oc2ccccc2F)s1. The molecule has 2 aromatic rings. The van der Waals surface area contributed by atoms with E-state index in [2.05, 4.69) is 15.5 Å². The molecule has 1 aromatic heterocycles. The normalized spacial score (nSPS) is 10.6. The number of aromatic nitrogens is 2. The topological polar surface area (TPSA) is 56.3 Å². The minimum Gasteiger partial charge on any atom is -0.427 e. The van der Waals surface area contributed by atoms with E-state index >= 15 is 0 Å². The molecule has 5 nitrogen and oxygen atoms in total. The number of rotatable bonds is 7. The monoisotopic (exact) mass is 283 g/mol. The van der Waals surface area contributed by atoms with Crippen molar-refractivity contribution < 1.29 is 13.9 Å². The van der Waals surface area contributed by atoms with Gasteiger partial charge in [-0.05, 0) is 12.1 Å². The molecule has 0 saturated carbocycles. The van der Waals surface area contributed by atoms with Crippen molar-refractivity contribution in [2.24, 2.45) is 0 Å². The molecular weight excluding hydrogens is 269 g/mol. The Morgan fingerprint density at radius 1 is 1.32 bits per heavy atom. The van der Waals surface area contributed by atoms with Gasteiger partial charge in [0.15, 0.2) is 11.6 Å². The molecule has 0 amide bonds. The summed E-state index contributed by atoms with van der Waals surface area (Å²) in [5, 5.41) is 12.1. The van der Waals surface area contributed by atoms with Crippen molar-refractivity contribution in [3.8, 4) is 10.9 Å². The molecule has 0 radical (unpaired) electrons. The Kier molecular flexibility index (Phi) is 5.20. The number of nitrogens with zero attached hydrogens (tertiary/aromatic N) is 2. The van der Waals surface area contributed by atoms with Crippen LogP contribution in [0.3, 0.4) is 0 Å². The summed E-state index contributed by atoms with van der Waals surface area (Å²) in [6.45, 7) is 1.96. The predicted molar refractivity (Wildman–Crippen MR) is 70.0 cm³/mol. The van der Waals surface area contributed by atoms with Crippen LogP contribution >= 0.6 is 11.3 Å². The number of methoxy groups -OCH3 is 1. The summed E-state index contributed by atoms with van der Waals surface area (Å²) in [5.41, 5.74) is 0. The molecule has 0 spiro atoms. The first kappa shape index (κ1) is 13.9. The van der Waals surface area contributed by atoms with Crippen LogP contribution in [-0.2, 0) is 11.3 Å². The highest BCUT2D eigenvalue weighted by atomic mass is 32.1. The van der Waals surface area contributed by atoms with Gasteiger partial charge in [0.05, 0.1) is 6.61 Å². The van der Waals surface area contributed by atoms with Crippen molar-refractivity contribution in [1.82, 2.24) is 15.5 Å². The number of benzene rings is 1. The lowest BCUT2D eigenvalue weighted by Crippen LogP contribution is -2.18. The highest BCUT2D eigenvalue weighted by Gasteiger charge is 2.08. The highest BCUT2D eigenvalue weighted by molar-refractivity contribution is 7.13. The maximum Gasteiger partial charge on any atom is 0.299 e. The van der Waals surface area contributed by atoms with Crippen LogP contribution in [0, 0.1) is 5.82 Å². The Balaban J connectivity index is 1.89. The van der Waals surface area contributed by atoms with Gasteiger partial charge in [0, 0.05) is 20.2 Å². The third-order valence-corrected chi connectivity index (χ3v) is 3.04. The van der Waals surface area contributed by atoms with E-state index in [0.717, 1.165) is 11.6 Å². The van der Waals surface area contributed by atoms with Gasteiger partial charge in [0.1, 0.15) is 5.01 Å². The summed E-state index contributed by atoms with van der Waals surface area (Å²) in [4.78, 5) is 0. The first-order valence-corrected chi connectivity index (χ1v) is 6.55. The van der Waals surface area contributed by atoms with E-state index in [4.69, 9.17) is 9.47 Å². The van der Waals surface area contributed by atoms with Crippen LogP contribution in [0.15, 0.2) is 24.3 Å². The number of ether oxygens (including phenoxy) is 2. The van der Waals surface area contributed by atoms with E-state index in [9.17, 15) is 4.39 Å². The highest BCUT2D eigenvalue weighted by Crippen LogP contribution is 2.26. The van der Waals surface area contributed by atoms with Crippen molar-refractivity contribution >= 4 is 11.3 Å². The Bertz CT molecular complexity index is 521. The minimum absolute atomic E-state index is 0.151. The van der Waals surface area contributed by atoms with Crippen molar-refractivity contribution in [3.05, 3.63) is 35.1 Å². The van der Waals surface area contributed by atoms with E-state index in [0.29, 0.717) is 18.3 Å². The number of nitrogens with one attached hydrogen (secondary N) is 1. The summed E-state index contributed by atoms with van der Waals surface area (Å²) < 4.78 is 23.6. The molecule has 0 saturated heterocycles. The average Bonchev–Trinajstić information content (AvgIpc) is 2.85. The summed E-state index contributed by atoms with van der Waals surface area (Å²) in [6.07, 6.45) is 0. The zero-order chi connectivity index (χ0) is 13.5. The molecule has 1 heterocycles. The molecule has 0 aliphatic heterocycles. The first-order chi connectivity index (χ1) is 9.29. The quantitative estimate of drug-likeness (QED) is 0.790. The molecule has 0 fully saturated rings. The second-order valence-corrected chi connectivity index (χ2v) is 4.69. The van der Waals surface area contributed by atoms with Crippen molar-refractivity contribution in [3.63, 3.8) is 0 Å². The summed E-state index contributed by atoms with van der Waals surface area (Å²) in [5.74, 6) is -0.269. The molecule has 102 valence electrons. The van der Waals surface area contributed by atoms with Gasteiger partial charge in [-0.2, -0.15) is 0 Å².